The number of halogens is 2. The van der Waals surface area contributed by atoms with Gasteiger partial charge in [0.2, 0.25) is 0 Å². The van der Waals surface area contributed by atoms with Gasteiger partial charge in [-0.1, -0.05) is 35.3 Å². The van der Waals surface area contributed by atoms with Crippen molar-refractivity contribution < 1.29 is 9.53 Å². The van der Waals surface area contributed by atoms with Gasteiger partial charge < -0.3 is 10.1 Å². The summed E-state index contributed by atoms with van der Waals surface area (Å²) in [7, 11) is 0. The first-order chi connectivity index (χ1) is 13.5. The van der Waals surface area contributed by atoms with Gasteiger partial charge in [-0.25, -0.2) is 4.68 Å². The zero-order valence-electron chi connectivity index (χ0n) is 15.0. The molecule has 1 N–H and O–H groups in total. The first-order valence-electron chi connectivity index (χ1n) is 8.64. The fourth-order valence-electron chi connectivity index (χ4n) is 2.99. The van der Waals surface area contributed by atoms with E-state index in [-0.39, 0.29) is 12.5 Å². The number of aryl methyl sites for hydroxylation is 1. The van der Waals surface area contributed by atoms with Crippen LogP contribution in [0.5, 0.6) is 5.75 Å². The lowest BCUT2D eigenvalue weighted by atomic mass is 10.2. The molecule has 1 aromatic heterocycles. The Hall–Kier alpha value is -2.15. The minimum atomic E-state index is -0.278. The summed E-state index contributed by atoms with van der Waals surface area (Å²) in [5.74, 6) is 2.49. The molecule has 0 saturated carbocycles. The zero-order chi connectivity index (χ0) is 19.7. The number of fused-ring (bicyclic) bond motifs is 1. The normalized spacial score (nSPS) is 12.7. The van der Waals surface area contributed by atoms with E-state index in [9.17, 15) is 4.79 Å². The molecule has 8 heteroatoms. The van der Waals surface area contributed by atoms with Crippen LogP contribution in [0.2, 0.25) is 10.0 Å². The van der Waals surface area contributed by atoms with Crippen LogP contribution in [-0.2, 0) is 16.3 Å². The summed E-state index contributed by atoms with van der Waals surface area (Å²) >= 11 is 13.8. The van der Waals surface area contributed by atoms with E-state index in [4.69, 9.17) is 33.0 Å². The van der Waals surface area contributed by atoms with Gasteiger partial charge in [-0.2, -0.15) is 16.9 Å². The lowest BCUT2D eigenvalue weighted by Crippen LogP contribution is -2.22. The quantitative estimate of drug-likeness (QED) is 0.596. The van der Waals surface area contributed by atoms with Crippen LogP contribution in [0, 0.1) is 6.92 Å². The van der Waals surface area contributed by atoms with Gasteiger partial charge in [0.05, 0.1) is 16.4 Å². The molecule has 1 amide bonds. The van der Waals surface area contributed by atoms with Crippen molar-refractivity contribution >= 4 is 46.7 Å². The van der Waals surface area contributed by atoms with Crippen LogP contribution < -0.4 is 10.1 Å². The number of hydrogen-bond acceptors (Lipinski definition) is 4. The monoisotopic (exact) mass is 433 g/mol. The maximum atomic E-state index is 12.6. The van der Waals surface area contributed by atoms with Crippen LogP contribution in [0.25, 0.3) is 5.69 Å². The molecule has 2 heterocycles. The van der Waals surface area contributed by atoms with Crippen molar-refractivity contribution in [1.82, 2.24) is 9.78 Å². The summed E-state index contributed by atoms with van der Waals surface area (Å²) in [5.41, 5.74) is 4.10. The smallest absolute Gasteiger partial charge is 0.263 e. The van der Waals surface area contributed by atoms with Crippen molar-refractivity contribution in [3.8, 4) is 11.4 Å². The number of benzene rings is 2. The second kappa shape index (κ2) is 8.07. The second-order valence-electron chi connectivity index (χ2n) is 6.43. The Morgan fingerprint density at radius 1 is 1.25 bits per heavy atom. The first-order valence-corrected chi connectivity index (χ1v) is 10.6. The molecule has 0 atom stereocenters. The predicted molar refractivity (Wildman–Crippen MR) is 114 cm³/mol. The van der Waals surface area contributed by atoms with E-state index >= 15 is 0 Å². The summed E-state index contributed by atoms with van der Waals surface area (Å²) in [6.07, 6.45) is 0. The Morgan fingerprint density at radius 3 is 2.89 bits per heavy atom. The minimum Gasteiger partial charge on any atom is -0.482 e. The van der Waals surface area contributed by atoms with Gasteiger partial charge in [0.25, 0.3) is 5.91 Å². The summed E-state index contributed by atoms with van der Waals surface area (Å²) in [6.45, 7) is 1.86. The number of carbonyl (C=O) groups excluding carboxylic acids is 1. The van der Waals surface area contributed by atoms with E-state index < -0.39 is 0 Å². The number of carbonyl (C=O) groups is 1. The van der Waals surface area contributed by atoms with E-state index in [0.29, 0.717) is 21.6 Å². The number of nitrogens with one attached hydrogen (secondary N) is 1. The van der Waals surface area contributed by atoms with Gasteiger partial charge in [-0.3, -0.25) is 4.79 Å². The number of rotatable bonds is 5. The summed E-state index contributed by atoms with van der Waals surface area (Å²) in [4.78, 5) is 12.6. The van der Waals surface area contributed by atoms with Crippen LogP contribution in [0.15, 0.2) is 42.5 Å². The summed E-state index contributed by atoms with van der Waals surface area (Å²) in [5, 5.41) is 8.54. The van der Waals surface area contributed by atoms with Crippen molar-refractivity contribution in [2.24, 2.45) is 0 Å². The number of ether oxygens (including phenoxy) is 1. The largest absolute Gasteiger partial charge is 0.482 e. The average Bonchev–Trinajstić information content (AvgIpc) is 3.24. The Bertz CT molecular complexity index is 1050. The molecule has 0 spiro atoms. The van der Waals surface area contributed by atoms with E-state index in [1.165, 1.54) is 0 Å². The van der Waals surface area contributed by atoms with Gasteiger partial charge in [-0.05, 0) is 42.8 Å². The predicted octanol–water partition coefficient (Wildman–Crippen LogP) is 5.25. The first kappa shape index (κ1) is 19.2. The molecule has 3 aromatic rings. The molecule has 0 radical (unpaired) electrons. The van der Waals surface area contributed by atoms with E-state index in [1.54, 1.807) is 34.6 Å². The Morgan fingerprint density at radius 2 is 2.11 bits per heavy atom. The maximum Gasteiger partial charge on any atom is 0.263 e. The molecule has 144 valence electrons. The Kier molecular flexibility index (Phi) is 5.53. The molecule has 0 unspecified atom stereocenters. The van der Waals surface area contributed by atoms with Crippen LogP contribution in [0.4, 0.5) is 5.82 Å². The number of aromatic nitrogens is 2. The van der Waals surface area contributed by atoms with Crippen molar-refractivity contribution in [3.63, 3.8) is 0 Å². The van der Waals surface area contributed by atoms with Crippen molar-refractivity contribution in [2.75, 3.05) is 11.9 Å². The molecule has 4 rings (SSSR count). The average molecular weight is 434 g/mol. The molecule has 0 fully saturated rings. The number of thioether (sulfide) groups is 1. The van der Waals surface area contributed by atoms with Gasteiger partial charge in [-0.15, -0.1) is 0 Å². The summed E-state index contributed by atoms with van der Waals surface area (Å²) < 4.78 is 7.35. The molecule has 0 bridgehead atoms. The van der Waals surface area contributed by atoms with Crippen molar-refractivity contribution in [2.45, 2.75) is 18.4 Å². The number of anilines is 1. The van der Waals surface area contributed by atoms with E-state index in [0.717, 1.165) is 34.0 Å². The minimum absolute atomic E-state index is 0.164. The summed E-state index contributed by atoms with van der Waals surface area (Å²) in [6, 6.07) is 12.9. The highest BCUT2D eigenvalue weighted by atomic mass is 35.5. The molecule has 28 heavy (non-hydrogen) atoms. The van der Waals surface area contributed by atoms with Gasteiger partial charge in [0.1, 0.15) is 11.6 Å². The molecule has 1 aliphatic heterocycles. The lowest BCUT2D eigenvalue weighted by molar-refractivity contribution is -0.118. The van der Waals surface area contributed by atoms with Gasteiger partial charge in [0.15, 0.2) is 6.61 Å². The Labute approximate surface area is 177 Å². The third-order valence-corrected chi connectivity index (χ3v) is 5.81. The molecular formula is C20H17Cl2N3O2S. The van der Waals surface area contributed by atoms with Gasteiger partial charge in [0, 0.05) is 22.1 Å². The molecule has 1 aliphatic rings. The van der Waals surface area contributed by atoms with Crippen molar-refractivity contribution in [1.29, 1.82) is 0 Å². The topological polar surface area (TPSA) is 56.2 Å². The number of amides is 1. The highest BCUT2D eigenvalue weighted by Gasteiger charge is 2.25. The lowest BCUT2D eigenvalue weighted by Gasteiger charge is -2.12. The second-order valence-corrected chi connectivity index (χ2v) is 8.26. The molecule has 5 nitrogen and oxygen atoms in total. The Balaban J connectivity index is 1.54. The van der Waals surface area contributed by atoms with E-state index in [1.807, 2.05) is 31.2 Å². The number of nitrogens with zero attached hydrogens (tertiary/aromatic N) is 2. The van der Waals surface area contributed by atoms with Crippen LogP contribution in [0.3, 0.4) is 0 Å². The molecule has 0 saturated heterocycles. The molecule has 0 aliphatic carbocycles. The number of hydrogen-bond donors (Lipinski definition) is 1. The molecular weight excluding hydrogens is 417 g/mol. The van der Waals surface area contributed by atoms with Crippen LogP contribution >= 0.6 is 35.0 Å². The SMILES string of the molecule is Cc1cccc(-n2nc3c(c2NC(=O)COc2ccc(Cl)cc2Cl)CSC3)c1. The third-order valence-electron chi connectivity index (χ3n) is 4.31. The highest BCUT2D eigenvalue weighted by Crippen LogP contribution is 2.36. The standard InChI is InChI=1S/C20H17Cl2N3O2S/c1-12-3-2-4-14(7-12)25-20(15-10-28-11-17(15)24-25)23-19(26)9-27-18-6-5-13(21)8-16(18)22/h2-8H,9-11H2,1H3,(H,23,26). The maximum absolute atomic E-state index is 12.6. The highest BCUT2D eigenvalue weighted by molar-refractivity contribution is 7.98. The fraction of sp³-hybridized carbons (Fsp3) is 0.200. The fourth-order valence-corrected chi connectivity index (χ4v) is 4.49. The van der Waals surface area contributed by atoms with E-state index in [2.05, 4.69) is 5.32 Å². The van der Waals surface area contributed by atoms with Gasteiger partial charge >= 0.3 is 0 Å². The third kappa shape index (κ3) is 3.99. The molecule has 2 aromatic carbocycles. The van der Waals surface area contributed by atoms with Crippen LogP contribution in [-0.4, -0.2) is 22.3 Å². The van der Waals surface area contributed by atoms with Crippen molar-refractivity contribution in [3.05, 3.63) is 69.3 Å². The zero-order valence-corrected chi connectivity index (χ0v) is 17.4. The van der Waals surface area contributed by atoms with Crippen LogP contribution in [0.1, 0.15) is 16.8 Å².